The largest absolute Gasteiger partial charge is 0.330 e. The summed E-state index contributed by atoms with van der Waals surface area (Å²) in [6.07, 6.45) is 11.8. The van der Waals surface area contributed by atoms with Crippen molar-refractivity contribution < 1.29 is 4.79 Å². The molecule has 106 valence electrons. The molecular weight excluding hydrogens is 224 g/mol. The number of carbonyl (C=O) groups is 1. The highest BCUT2D eigenvalue weighted by Gasteiger charge is 1.96. The standard InChI is InChI=1S/C15H30N2O/c1-2-15(18)11-8-6-4-3-5-7-9-13-17-14-10-12-16/h2,17H,1,3-14,16H2. The van der Waals surface area contributed by atoms with Crippen molar-refractivity contribution in [3.63, 3.8) is 0 Å². The molecule has 0 atom stereocenters. The monoisotopic (exact) mass is 254 g/mol. The van der Waals surface area contributed by atoms with Crippen LogP contribution < -0.4 is 11.1 Å². The van der Waals surface area contributed by atoms with Gasteiger partial charge in [0.15, 0.2) is 5.78 Å². The van der Waals surface area contributed by atoms with Gasteiger partial charge in [-0.3, -0.25) is 4.79 Å². The second-order valence-corrected chi connectivity index (χ2v) is 4.79. The van der Waals surface area contributed by atoms with E-state index < -0.39 is 0 Å². The van der Waals surface area contributed by atoms with Crippen LogP contribution >= 0.6 is 0 Å². The van der Waals surface area contributed by atoms with Gasteiger partial charge in [-0.15, -0.1) is 0 Å². The van der Waals surface area contributed by atoms with Gasteiger partial charge in [-0.25, -0.2) is 0 Å². The quantitative estimate of drug-likeness (QED) is 0.370. The van der Waals surface area contributed by atoms with Crippen LogP contribution in [0.15, 0.2) is 12.7 Å². The lowest BCUT2D eigenvalue weighted by molar-refractivity contribution is -0.114. The first-order chi connectivity index (χ1) is 8.81. The number of nitrogens with two attached hydrogens (primary N) is 1. The maximum Gasteiger partial charge on any atom is 0.155 e. The van der Waals surface area contributed by atoms with E-state index in [0.29, 0.717) is 6.42 Å². The van der Waals surface area contributed by atoms with E-state index in [2.05, 4.69) is 11.9 Å². The van der Waals surface area contributed by atoms with Gasteiger partial charge in [0.1, 0.15) is 0 Å². The van der Waals surface area contributed by atoms with Gasteiger partial charge in [-0.1, -0.05) is 38.7 Å². The third-order valence-corrected chi connectivity index (χ3v) is 3.06. The molecule has 0 aliphatic carbocycles. The van der Waals surface area contributed by atoms with Crippen LogP contribution in [0.3, 0.4) is 0 Å². The van der Waals surface area contributed by atoms with E-state index >= 15 is 0 Å². The molecular formula is C15H30N2O. The van der Waals surface area contributed by atoms with Gasteiger partial charge in [0.05, 0.1) is 0 Å². The smallest absolute Gasteiger partial charge is 0.155 e. The zero-order valence-electron chi connectivity index (χ0n) is 11.8. The Labute approximate surface area is 112 Å². The van der Waals surface area contributed by atoms with Crippen LogP contribution in [-0.4, -0.2) is 25.4 Å². The van der Waals surface area contributed by atoms with E-state index in [1.165, 1.54) is 44.6 Å². The van der Waals surface area contributed by atoms with Crippen molar-refractivity contribution in [3.8, 4) is 0 Å². The molecule has 0 aromatic heterocycles. The van der Waals surface area contributed by atoms with E-state index in [4.69, 9.17) is 5.73 Å². The third-order valence-electron chi connectivity index (χ3n) is 3.06. The Morgan fingerprint density at radius 1 is 0.944 bits per heavy atom. The summed E-state index contributed by atoms with van der Waals surface area (Å²) in [5, 5.41) is 3.39. The van der Waals surface area contributed by atoms with Crippen molar-refractivity contribution in [1.82, 2.24) is 5.32 Å². The average Bonchev–Trinajstić information content (AvgIpc) is 2.39. The fourth-order valence-corrected chi connectivity index (χ4v) is 1.89. The van der Waals surface area contributed by atoms with Gasteiger partial charge in [-0.05, 0) is 45.0 Å². The van der Waals surface area contributed by atoms with Crippen LogP contribution in [0.1, 0.15) is 57.8 Å². The molecule has 0 heterocycles. The summed E-state index contributed by atoms with van der Waals surface area (Å²) in [4.78, 5) is 11.0. The highest BCUT2D eigenvalue weighted by atomic mass is 16.1. The molecule has 3 nitrogen and oxygen atoms in total. The highest BCUT2D eigenvalue weighted by molar-refractivity contribution is 5.88. The van der Waals surface area contributed by atoms with Gasteiger partial charge >= 0.3 is 0 Å². The summed E-state index contributed by atoms with van der Waals surface area (Å²) in [7, 11) is 0. The number of rotatable bonds is 14. The molecule has 0 bridgehead atoms. The zero-order valence-corrected chi connectivity index (χ0v) is 11.8. The van der Waals surface area contributed by atoms with Crippen molar-refractivity contribution in [3.05, 3.63) is 12.7 Å². The minimum atomic E-state index is 0.179. The van der Waals surface area contributed by atoms with Gasteiger partial charge in [0.2, 0.25) is 0 Å². The number of carbonyl (C=O) groups excluding carboxylic acids is 1. The highest BCUT2D eigenvalue weighted by Crippen LogP contribution is 2.08. The van der Waals surface area contributed by atoms with Crippen molar-refractivity contribution in [2.75, 3.05) is 19.6 Å². The van der Waals surface area contributed by atoms with Crippen LogP contribution in [0.5, 0.6) is 0 Å². The molecule has 0 radical (unpaired) electrons. The summed E-state index contributed by atoms with van der Waals surface area (Å²) in [5.41, 5.74) is 5.41. The Hall–Kier alpha value is -0.670. The summed E-state index contributed by atoms with van der Waals surface area (Å²) < 4.78 is 0. The molecule has 3 N–H and O–H groups in total. The Bertz CT molecular complexity index is 205. The Kier molecular flexibility index (Phi) is 13.9. The van der Waals surface area contributed by atoms with Crippen molar-refractivity contribution in [2.24, 2.45) is 5.73 Å². The lowest BCUT2D eigenvalue weighted by Gasteiger charge is -2.04. The van der Waals surface area contributed by atoms with Gasteiger partial charge in [-0.2, -0.15) is 0 Å². The van der Waals surface area contributed by atoms with Gasteiger partial charge in [0.25, 0.3) is 0 Å². The summed E-state index contributed by atoms with van der Waals surface area (Å²) >= 11 is 0. The lowest BCUT2D eigenvalue weighted by Crippen LogP contribution is -2.19. The minimum absolute atomic E-state index is 0.179. The Morgan fingerprint density at radius 2 is 1.50 bits per heavy atom. The molecule has 0 unspecified atom stereocenters. The van der Waals surface area contributed by atoms with Gasteiger partial charge < -0.3 is 11.1 Å². The predicted octanol–water partition coefficient (Wildman–Crippen LogP) is 2.80. The third kappa shape index (κ3) is 13.4. The fraction of sp³-hybridized carbons (Fsp3) is 0.800. The molecule has 18 heavy (non-hydrogen) atoms. The van der Waals surface area contributed by atoms with E-state index in [0.717, 1.165) is 32.5 Å². The van der Waals surface area contributed by atoms with Crippen molar-refractivity contribution in [1.29, 1.82) is 0 Å². The molecule has 0 saturated heterocycles. The number of nitrogens with one attached hydrogen (secondary N) is 1. The first-order valence-electron chi connectivity index (χ1n) is 7.37. The maximum atomic E-state index is 11.0. The second-order valence-electron chi connectivity index (χ2n) is 4.79. The zero-order chi connectivity index (χ0) is 13.5. The lowest BCUT2D eigenvalue weighted by atomic mass is 10.1. The Balaban J connectivity index is 2.98. The van der Waals surface area contributed by atoms with Crippen molar-refractivity contribution >= 4 is 5.78 Å². The molecule has 0 spiro atoms. The van der Waals surface area contributed by atoms with Crippen LogP contribution in [0.4, 0.5) is 0 Å². The van der Waals surface area contributed by atoms with Crippen LogP contribution in [0.2, 0.25) is 0 Å². The first-order valence-corrected chi connectivity index (χ1v) is 7.37. The summed E-state index contributed by atoms with van der Waals surface area (Å²) in [6, 6.07) is 0. The fourth-order valence-electron chi connectivity index (χ4n) is 1.89. The van der Waals surface area contributed by atoms with E-state index in [9.17, 15) is 4.79 Å². The molecule has 3 heteroatoms. The summed E-state index contributed by atoms with van der Waals surface area (Å²) in [6.45, 7) is 6.42. The van der Waals surface area contributed by atoms with Crippen LogP contribution in [0.25, 0.3) is 0 Å². The topological polar surface area (TPSA) is 55.1 Å². The molecule has 0 amide bonds. The minimum Gasteiger partial charge on any atom is -0.330 e. The van der Waals surface area contributed by atoms with Crippen LogP contribution in [0, 0.1) is 0 Å². The maximum absolute atomic E-state index is 11.0. The Morgan fingerprint density at radius 3 is 2.11 bits per heavy atom. The number of hydrogen-bond acceptors (Lipinski definition) is 3. The average molecular weight is 254 g/mol. The van der Waals surface area contributed by atoms with Crippen molar-refractivity contribution in [2.45, 2.75) is 57.8 Å². The normalized spacial score (nSPS) is 10.5. The SMILES string of the molecule is C=CC(=O)CCCCCCCCCNCCCN. The molecule has 0 aliphatic rings. The first kappa shape index (κ1) is 17.3. The number of unbranched alkanes of at least 4 members (excludes halogenated alkanes) is 6. The van der Waals surface area contributed by atoms with E-state index in [1.54, 1.807) is 0 Å². The van der Waals surface area contributed by atoms with Crippen LogP contribution in [-0.2, 0) is 4.79 Å². The summed E-state index contributed by atoms with van der Waals surface area (Å²) in [5.74, 6) is 0.179. The number of ketones is 1. The molecule has 0 aromatic rings. The molecule has 0 saturated carbocycles. The molecule has 0 aliphatic heterocycles. The second kappa shape index (κ2) is 14.4. The molecule has 0 fully saturated rings. The molecule has 0 rings (SSSR count). The number of hydrogen-bond donors (Lipinski definition) is 2. The van der Waals surface area contributed by atoms with Gasteiger partial charge in [0, 0.05) is 6.42 Å². The number of allylic oxidation sites excluding steroid dienone is 1. The molecule has 0 aromatic carbocycles. The predicted molar refractivity (Wildman–Crippen MR) is 78.7 cm³/mol. The van der Waals surface area contributed by atoms with E-state index in [-0.39, 0.29) is 5.78 Å². The van der Waals surface area contributed by atoms with E-state index in [1.807, 2.05) is 0 Å².